The van der Waals surface area contributed by atoms with Gasteiger partial charge in [0.15, 0.2) is 0 Å². The molecule has 1 fully saturated rings. The highest BCUT2D eigenvalue weighted by Gasteiger charge is 2.25. The number of ether oxygens (including phenoxy) is 2. The Kier molecular flexibility index (Phi) is 6.70. The van der Waals surface area contributed by atoms with E-state index in [1.807, 2.05) is 22.9 Å². The maximum atomic E-state index is 13.3. The molecular weight excluding hydrogens is 396 g/mol. The largest absolute Gasteiger partial charge is 0.389 e. The maximum absolute atomic E-state index is 13.3. The van der Waals surface area contributed by atoms with Crippen LogP contribution in [0.15, 0.2) is 37.1 Å². The Bertz CT molecular complexity index is 1000. The molecule has 8 heteroatoms. The number of fused-ring (bicyclic) bond motifs is 1. The van der Waals surface area contributed by atoms with Crippen molar-refractivity contribution in [3.05, 3.63) is 48.2 Å². The van der Waals surface area contributed by atoms with Gasteiger partial charge in [-0.05, 0) is 44.7 Å². The van der Waals surface area contributed by atoms with Crippen molar-refractivity contribution in [3.8, 4) is 5.69 Å². The number of hydrogen-bond donors (Lipinski definition) is 3. The quantitative estimate of drug-likeness (QED) is 0.481. The van der Waals surface area contributed by atoms with Crippen molar-refractivity contribution in [1.29, 1.82) is 0 Å². The predicted octanol–water partition coefficient (Wildman–Crippen LogP) is 3.11. The van der Waals surface area contributed by atoms with E-state index in [0.717, 1.165) is 47.8 Å². The van der Waals surface area contributed by atoms with Crippen molar-refractivity contribution < 1.29 is 19.4 Å². The second-order valence-electron chi connectivity index (χ2n) is 8.12. The second-order valence-corrected chi connectivity index (χ2v) is 8.12. The zero-order valence-electron chi connectivity index (χ0n) is 18.0. The van der Waals surface area contributed by atoms with Crippen LogP contribution in [0.5, 0.6) is 0 Å². The second kappa shape index (κ2) is 9.64. The van der Waals surface area contributed by atoms with Crippen LogP contribution in [0, 0.1) is 0 Å². The lowest BCUT2D eigenvalue weighted by atomic mass is 9.92. The summed E-state index contributed by atoms with van der Waals surface area (Å²) in [5.74, 6) is -0.116. The van der Waals surface area contributed by atoms with Crippen molar-refractivity contribution in [3.63, 3.8) is 0 Å². The van der Waals surface area contributed by atoms with E-state index in [2.05, 4.69) is 15.3 Å². The number of carbonyl (C=O) groups is 1. The third-order valence-electron chi connectivity index (χ3n) is 5.95. The fourth-order valence-electron chi connectivity index (χ4n) is 4.26. The topological polar surface area (TPSA) is 101 Å². The average molecular weight is 427 g/mol. The molecule has 1 saturated carbocycles. The number of aliphatic hydroxyl groups excluding tert-OH is 1. The van der Waals surface area contributed by atoms with Crippen molar-refractivity contribution in [1.82, 2.24) is 19.9 Å². The summed E-state index contributed by atoms with van der Waals surface area (Å²) in [5, 5.41) is 14.2. The molecule has 0 saturated heterocycles. The van der Waals surface area contributed by atoms with Crippen molar-refractivity contribution in [2.45, 2.75) is 50.9 Å². The smallest absolute Gasteiger partial charge is 0.253 e. The standard InChI is InChI=1S/C23H30N4O4/c1-15(28)21-13-25-22-19(21)11-17(27-8-7-24-14-27)12-20(22)23(29)26-16-3-5-18(6-4-16)31-10-9-30-2/h7-8,11-16,18,25,28H,3-6,9-10H2,1-2H3,(H,26,29)/t15-,16-,18-/m1/s1. The third-order valence-corrected chi connectivity index (χ3v) is 5.95. The molecular formula is C23H30N4O4. The number of amides is 1. The highest BCUT2D eigenvalue weighted by molar-refractivity contribution is 6.07. The van der Waals surface area contributed by atoms with E-state index in [1.54, 1.807) is 32.8 Å². The molecule has 166 valence electrons. The number of rotatable bonds is 8. The Morgan fingerprint density at radius 2 is 2.13 bits per heavy atom. The third kappa shape index (κ3) is 4.81. The molecule has 1 atom stereocenters. The molecule has 8 nitrogen and oxygen atoms in total. The van der Waals surface area contributed by atoms with Gasteiger partial charge in [0, 0.05) is 48.4 Å². The Morgan fingerprint density at radius 3 is 2.81 bits per heavy atom. The van der Waals surface area contributed by atoms with Gasteiger partial charge in [0.05, 0.1) is 42.8 Å². The summed E-state index contributed by atoms with van der Waals surface area (Å²) in [5.41, 5.74) is 2.88. The highest BCUT2D eigenvalue weighted by Crippen LogP contribution is 2.30. The van der Waals surface area contributed by atoms with Crippen LogP contribution in [-0.4, -0.2) is 58.0 Å². The summed E-state index contributed by atoms with van der Waals surface area (Å²) >= 11 is 0. The van der Waals surface area contributed by atoms with Gasteiger partial charge in [-0.15, -0.1) is 0 Å². The minimum atomic E-state index is -0.643. The number of aromatic amines is 1. The van der Waals surface area contributed by atoms with Gasteiger partial charge in [0.1, 0.15) is 0 Å². The van der Waals surface area contributed by atoms with E-state index in [1.165, 1.54) is 0 Å². The minimum Gasteiger partial charge on any atom is -0.389 e. The van der Waals surface area contributed by atoms with Gasteiger partial charge < -0.3 is 29.4 Å². The van der Waals surface area contributed by atoms with Crippen LogP contribution < -0.4 is 5.32 Å². The lowest BCUT2D eigenvalue weighted by Gasteiger charge is -2.29. The number of imidazole rings is 1. The molecule has 4 rings (SSSR count). The van der Waals surface area contributed by atoms with Crippen LogP contribution in [-0.2, 0) is 9.47 Å². The summed E-state index contributed by atoms with van der Waals surface area (Å²) in [6, 6.07) is 3.95. The number of nitrogens with zero attached hydrogens (tertiary/aromatic N) is 2. The molecule has 31 heavy (non-hydrogen) atoms. The summed E-state index contributed by atoms with van der Waals surface area (Å²) < 4.78 is 12.7. The van der Waals surface area contributed by atoms with Gasteiger partial charge in [0.25, 0.3) is 5.91 Å². The van der Waals surface area contributed by atoms with Crippen molar-refractivity contribution >= 4 is 16.8 Å². The Morgan fingerprint density at radius 1 is 1.32 bits per heavy atom. The van der Waals surface area contributed by atoms with E-state index in [4.69, 9.17) is 9.47 Å². The number of carbonyl (C=O) groups excluding carboxylic acids is 1. The zero-order chi connectivity index (χ0) is 21.8. The van der Waals surface area contributed by atoms with Crippen molar-refractivity contribution in [2.75, 3.05) is 20.3 Å². The number of benzene rings is 1. The Balaban J connectivity index is 1.53. The molecule has 0 unspecified atom stereocenters. The molecule has 0 aliphatic heterocycles. The minimum absolute atomic E-state index is 0.116. The van der Waals surface area contributed by atoms with Gasteiger partial charge in [0.2, 0.25) is 0 Å². The number of H-pyrrole nitrogens is 1. The van der Waals surface area contributed by atoms with E-state index in [0.29, 0.717) is 18.8 Å². The summed E-state index contributed by atoms with van der Waals surface area (Å²) in [4.78, 5) is 20.6. The fraction of sp³-hybridized carbons (Fsp3) is 0.478. The van der Waals surface area contributed by atoms with E-state index in [9.17, 15) is 9.90 Å². The predicted molar refractivity (Wildman–Crippen MR) is 117 cm³/mol. The van der Waals surface area contributed by atoms with Crippen LogP contribution in [0.2, 0.25) is 0 Å². The Labute approximate surface area is 181 Å². The molecule has 0 bridgehead atoms. The van der Waals surface area contributed by atoms with Gasteiger partial charge >= 0.3 is 0 Å². The maximum Gasteiger partial charge on any atom is 0.253 e. The molecule has 1 aliphatic rings. The molecule has 2 heterocycles. The lowest BCUT2D eigenvalue weighted by molar-refractivity contribution is -0.00408. The lowest BCUT2D eigenvalue weighted by Crippen LogP contribution is -2.39. The van der Waals surface area contributed by atoms with Crippen LogP contribution in [0.4, 0.5) is 0 Å². The highest BCUT2D eigenvalue weighted by atomic mass is 16.5. The molecule has 1 aromatic carbocycles. The van der Waals surface area contributed by atoms with E-state index >= 15 is 0 Å². The molecule has 3 N–H and O–H groups in total. The normalized spacial score (nSPS) is 20.1. The molecule has 3 aromatic rings. The fourth-order valence-corrected chi connectivity index (χ4v) is 4.26. The first-order chi connectivity index (χ1) is 15.1. The van der Waals surface area contributed by atoms with Gasteiger partial charge in [-0.2, -0.15) is 0 Å². The molecule has 0 radical (unpaired) electrons. The Hall–Kier alpha value is -2.68. The van der Waals surface area contributed by atoms with E-state index in [-0.39, 0.29) is 18.1 Å². The molecule has 2 aromatic heterocycles. The summed E-state index contributed by atoms with van der Waals surface area (Å²) in [6.45, 7) is 2.93. The van der Waals surface area contributed by atoms with Crippen LogP contribution >= 0.6 is 0 Å². The van der Waals surface area contributed by atoms with Gasteiger partial charge in [-0.3, -0.25) is 4.79 Å². The zero-order valence-corrected chi connectivity index (χ0v) is 18.0. The van der Waals surface area contributed by atoms with Crippen LogP contribution in [0.25, 0.3) is 16.6 Å². The van der Waals surface area contributed by atoms with Crippen LogP contribution in [0.1, 0.15) is 54.6 Å². The number of nitrogens with one attached hydrogen (secondary N) is 2. The first-order valence-electron chi connectivity index (χ1n) is 10.8. The summed E-state index contributed by atoms with van der Waals surface area (Å²) in [6.07, 6.45) is 10.2. The monoisotopic (exact) mass is 426 g/mol. The van der Waals surface area contributed by atoms with Crippen LogP contribution in [0.3, 0.4) is 0 Å². The number of hydrogen-bond acceptors (Lipinski definition) is 5. The number of methoxy groups -OCH3 is 1. The summed E-state index contributed by atoms with van der Waals surface area (Å²) in [7, 11) is 1.67. The SMILES string of the molecule is COCCO[C@H]1CC[C@H](NC(=O)c2cc(-n3ccnc3)cc3c([C@@H](C)O)c[nH]c23)CC1. The van der Waals surface area contributed by atoms with Crippen molar-refractivity contribution in [2.24, 2.45) is 0 Å². The van der Waals surface area contributed by atoms with Gasteiger partial charge in [-0.25, -0.2) is 4.98 Å². The molecule has 1 aliphatic carbocycles. The number of aliphatic hydroxyl groups is 1. The molecule has 1 amide bonds. The average Bonchev–Trinajstić information content (AvgIpc) is 3.44. The molecule has 0 spiro atoms. The number of aromatic nitrogens is 3. The first kappa shape index (κ1) is 21.5. The first-order valence-corrected chi connectivity index (χ1v) is 10.8. The van der Waals surface area contributed by atoms with Gasteiger partial charge in [-0.1, -0.05) is 0 Å². The van der Waals surface area contributed by atoms with E-state index < -0.39 is 6.10 Å².